The lowest BCUT2D eigenvalue weighted by atomic mass is 10.2. The monoisotopic (exact) mass is 289 g/mol. The van der Waals surface area contributed by atoms with Gasteiger partial charge < -0.3 is 15.2 Å². The average molecular weight is 289 g/mol. The molecule has 0 atom stereocenters. The largest absolute Gasteiger partial charge is 0.331 e. The lowest BCUT2D eigenvalue weighted by Gasteiger charge is -2.09. The molecule has 1 aromatic carbocycles. The number of nitrogens with one attached hydrogen (secondary N) is 2. The minimum atomic E-state index is -0.463. The van der Waals surface area contributed by atoms with E-state index in [4.69, 9.17) is 0 Å². The molecule has 2 heterocycles. The second-order valence-electron chi connectivity index (χ2n) is 5.08. The second-order valence-corrected chi connectivity index (χ2v) is 5.08. The molecule has 21 heavy (non-hydrogen) atoms. The third-order valence-electron chi connectivity index (χ3n) is 3.46. The summed E-state index contributed by atoms with van der Waals surface area (Å²) < 4.78 is 15.6. The Labute approximate surface area is 121 Å². The number of hydrogen-bond acceptors (Lipinski definition) is 3. The van der Waals surface area contributed by atoms with E-state index < -0.39 is 11.8 Å². The van der Waals surface area contributed by atoms with Crippen molar-refractivity contribution in [3.8, 4) is 0 Å². The minimum Gasteiger partial charge on any atom is -0.331 e. The van der Waals surface area contributed by atoms with E-state index in [2.05, 4.69) is 20.8 Å². The summed E-state index contributed by atoms with van der Waals surface area (Å²) in [5.74, 6) is 1.22. The summed E-state index contributed by atoms with van der Waals surface area (Å²) in [6, 6.07) is 4.10. The standard InChI is InChI=1S/C14H16FN5O/c1-9-4-5-10(15)11(7-9)17-14(21)16-8-13-19-18-12-3-2-6-20(12)13/h4-5,7H,2-3,6,8H2,1H3,(H2,16,17,21). The Balaban J connectivity index is 1.60. The molecule has 2 amide bonds. The molecule has 110 valence electrons. The summed E-state index contributed by atoms with van der Waals surface area (Å²) in [5, 5.41) is 13.3. The first-order valence-electron chi connectivity index (χ1n) is 6.85. The molecule has 0 spiro atoms. The molecule has 2 N–H and O–H groups in total. The number of halogens is 1. The Kier molecular flexibility index (Phi) is 3.55. The zero-order chi connectivity index (χ0) is 14.8. The van der Waals surface area contributed by atoms with Crippen LogP contribution in [-0.4, -0.2) is 20.8 Å². The van der Waals surface area contributed by atoms with E-state index in [1.54, 1.807) is 12.1 Å². The van der Waals surface area contributed by atoms with Crippen LogP contribution >= 0.6 is 0 Å². The Bertz CT molecular complexity index is 682. The van der Waals surface area contributed by atoms with Gasteiger partial charge in [-0.3, -0.25) is 0 Å². The number of fused-ring (bicyclic) bond motifs is 1. The number of hydrogen-bond donors (Lipinski definition) is 2. The molecule has 1 aliphatic heterocycles. The van der Waals surface area contributed by atoms with Crippen LogP contribution in [0.2, 0.25) is 0 Å². The van der Waals surface area contributed by atoms with Crippen LogP contribution in [0.4, 0.5) is 14.9 Å². The third kappa shape index (κ3) is 2.86. The molecule has 0 bridgehead atoms. The SMILES string of the molecule is Cc1ccc(F)c(NC(=O)NCc2nnc3n2CCC3)c1. The molecule has 1 aliphatic rings. The molecule has 7 heteroatoms. The summed E-state index contributed by atoms with van der Waals surface area (Å²) in [7, 11) is 0. The molecule has 6 nitrogen and oxygen atoms in total. The molecule has 0 saturated carbocycles. The van der Waals surface area contributed by atoms with Crippen LogP contribution in [0.15, 0.2) is 18.2 Å². The molecule has 1 aromatic heterocycles. The van der Waals surface area contributed by atoms with E-state index in [0.717, 1.165) is 36.6 Å². The zero-order valence-corrected chi connectivity index (χ0v) is 11.7. The summed E-state index contributed by atoms with van der Waals surface area (Å²) in [5.41, 5.74) is 1.04. The Morgan fingerprint density at radius 2 is 2.29 bits per heavy atom. The highest BCUT2D eigenvalue weighted by Crippen LogP contribution is 2.16. The van der Waals surface area contributed by atoms with E-state index >= 15 is 0 Å². The van der Waals surface area contributed by atoms with Gasteiger partial charge in [0.05, 0.1) is 12.2 Å². The van der Waals surface area contributed by atoms with Crippen LogP contribution in [0.5, 0.6) is 0 Å². The first-order chi connectivity index (χ1) is 10.1. The summed E-state index contributed by atoms with van der Waals surface area (Å²) in [6.07, 6.45) is 1.98. The number of carbonyl (C=O) groups is 1. The minimum absolute atomic E-state index is 0.166. The first-order valence-corrected chi connectivity index (χ1v) is 6.85. The number of amides is 2. The molecular weight excluding hydrogens is 273 g/mol. The molecule has 2 aromatic rings. The Morgan fingerprint density at radius 3 is 3.14 bits per heavy atom. The highest BCUT2D eigenvalue weighted by atomic mass is 19.1. The fraction of sp³-hybridized carbons (Fsp3) is 0.357. The van der Waals surface area contributed by atoms with Crippen molar-refractivity contribution in [3.63, 3.8) is 0 Å². The first kappa shape index (κ1) is 13.5. The van der Waals surface area contributed by atoms with Crippen LogP contribution in [-0.2, 0) is 19.5 Å². The van der Waals surface area contributed by atoms with Crippen LogP contribution in [0.3, 0.4) is 0 Å². The average Bonchev–Trinajstić information content (AvgIpc) is 3.04. The van der Waals surface area contributed by atoms with Crippen molar-refractivity contribution in [3.05, 3.63) is 41.2 Å². The number of nitrogens with zero attached hydrogens (tertiary/aromatic N) is 3. The van der Waals surface area contributed by atoms with E-state index in [9.17, 15) is 9.18 Å². The molecule has 0 aliphatic carbocycles. The van der Waals surface area contributed by atoms with Gasteiger partial charge in [-0.15, -0.1) is 10.2 Å². The van der Waals surface area contributed by atoms with Crippen molar-refractivity contribution in [2.24, 2.45) is 0 Å². The molecule has 0 fully saturated rings. The van der Waals surface area contributed by atoms with Crippen molar-refractivity contribution in [2.75, 3.05) is 5.32 Å². The molecule has 3 rings (SSSR count). The van der Waals surface area contributed by atoms with Gasteiger partial charge in [-0.25, -0.2) is 9.18 Å². The molecule has 0 saturated heterocycles. The van der Waals surface area contributed by atoms with E-state index in [1.807, 2.05) is 11.5 Å². The van der Waals surface area contributed by atoms with Crippen LogP contribution in [0.1, 0.15) is 23.6 Å². The van der Waals surface area contributed by atoms with Crippen LogP contribution in [0, 0.1) is 12.7 Å². The predicted octanol–water partition coefficient (Wildman–Crippen LogP) is 1.99. The van der Waals surface area contributed by atoms with Gasteiger partial charge in [0.15, 0.2) is 5.82 Å². The van der Waals surface area contributed by atoms with Gasteiger partial charge in [0.1, 0.15) is 11.6 Å². The smallest absolute Gasteiger partial charge is 0.319 e. The van der Waals surface area contributed by atoms with Crippen LogP contribution < -0.4 is 10.6 Å². The lowest BCUT2D eigenvalue weighted by molar-refractivity contribution is 0.251. The normalized spacial score (nSPS) is 13.0. The second kappa shape index (κ2) is 5.51. The maximum absolute atomic E-state index is 13.6. The highest BCUT2D eigenvalue weighted by molar-refractivity contribution is 5.89. The highest BCUT2D eigenvalue weighted by Gasteiger charge is 2.17. The van der Waals surface area contributed by atoms with E-state index in [0.29, 0.717) is 0 Å². The van der Waals surface area contributed by atoms with Gasteiger partial charge in [-0.2, -0.15) is 0 Å². The van der Waals surface area contributed by atoms with Gasteiger partial charge in [-0.1, -0.05) is 6.07 Å². The van der Waals surface area contributed by atoms with E-state index in [-0.39, 0.29) is 12.2 Å². The van der Waals surface area contributed by atoms with Crippen molar-refractivity contribution < 1.29 is 9.18 Å². The predicted molar refractivity (Wildman–Crippen MR) is 75.3 cm³/mol. The van der Waals surface area contributed by atoms with Gasteiger partial charge in [-0.05, 0) is 31.0 Å². The van der Waals surface area contributed by atoms with Crippen molar-refractivity contribution >= 4 is 11.7 Å². The zero-order valence-electron chi connectivity index (χ0n) is 11.7. The maximum atomic E-state index is 13.6. The number of carbonyl (C=O) groups excluding carboxylic acids is 1. The molecule has 0 unspecified atom stereocenters. The quantitative estimate of drug-likeness (QED) is 0.907. The Hall–Kier alpha value is -2.44. The molecular formula is C14H16FN5O. The third-order valence-corrected chi connectivity index (χ3v) is 3.46. The number of aryl methyl sites for hydroxylation is 2. The van der Waals surface area contributed by atoms with Crippen molar-refractivity contribution in [1.82, 2.24) is 20.1 Å². The summed E-state index contributed by atoms with van der Waals surface area (Å²) in [4.78, 5) is 11.8. The Morgan fingerprint density at radius 1 is 1.43 bits per heavy atom. The maximum Gasteiger partial charge on any atom is 0.319 e. The fourth-order valence-electron chi connectivity index (χ4n) is 2.40. The number of benzene rings is 1. The van der Waals surface area contributed by atoms with Crippen molar-refractivity contribution in [2.45, 2.75) is 32.9 Å². The van der Waals surface area contributed by atoms with Crippen LogP contribution in [0.25, 0.3) is 0 Å². The van der Waals surface area contributed by atoms with Gasteiger partial charge in [0.2, 0.25) is 0 Å². The fourth-order valence-corrected chi connectivity index (χ4v) is 2.40. The number of rotatable bonds is 3. The van der Waals surface area contributed by atoms with Gasteiger partial charge >= 0.3 is 6.03 Å². The van der Waals surface area contributed by atoms with E-state index in [1.165, 1.54) is 6.07 Å². The van der Waals surface area contributed by atoms with Crippen molar-refractivity contribution in [1.29, 1.82) is 0 Å². The topological polar surface area (TPSA) is 71.8 Å². The lowest BCUT2D eigenvalue weighted by Crippen LogP contribution is -2.29. The number of anilines is 1. The van der Waals surface area contributed by atoms with Gasteiger partial charge in [0.25, 0.3) is 0 Å². The summed E-state index contributed by atoms with van der Waals surface area (Å²) >= 11 is 0. The molecule has 0 radical (unpaired) electrons. The summed E-state index contributed by atoms with van der Waals surface area (Å²) in [6.45, 7) is 2.99. The number of aromatic nitrogens is 3. The van der Waals surface area contributed by atoms with Gasteiger partial charge in [0, 0.05) is 13.0 Å². The number of urea groups is 1.